The Morgan fingerprint density at radius 2 is 2.11 bits per heavy atom. The lowest BCUT2D eigenvalue weighted by Gasteiger charge is -2.09. The van der Waals surface area contributed by atoms with E-state index in [9.17, 15) is 4.79 Å². The van der Waals surface area contributed by atoms with Crippen molar-refractivity contribution in [2.75, 3.05) is 26.0 Å². The molecule has 0 aliphatic carbocycles. The molecule has 1 rings (SSSR count). The van der Waals surface area contributed by atoms with Gasteiger partial charge in [-0.25, -0.2) is 0 Å². The largest absolute Gasteiger partial charge is 0.398 e. The first kappa shape index (κ1) is 14.5. The highest BCUT2D eigenvalue weighted by atomic mass is 16.5. The van der Waals surface area contributed by atoms with Crippen LogP contribution in [0, 0.1) is 6.92 Å². The zero-order valence-electron chi connectivity index (χ0n) is 11.2. The Balaban J connectivity index is 2.35. The number of ether oxygens (including phenoxy) is 1. The second-order valence-corrected chi connectivity index (χ2v) is 4.35. The molecule has 0 saturated heterocycles. The Labute approximate surface area is 109 Å². The molecule has 0 saturated carbocycles. The molecule has 0 aromatic heterocycles. The average molecular weight is 250 g/mol. The van der Waals surface area contributed by atoms with Crippen LogP contribution in [-0.2, 0) is 4.74 Å². The van der Waals surface area contributed by atoms with Gasteiger partial charge in [0.05, 0.1) is 5.56 Å². The van der Waals surface area contributed by atoms with Crippen molar-refractivity contribution in [3.05, 3.63) is 29.3 Å². The van der Waals surface area contributed by atoms with E-state index in [1.165, 1.54) is 0 Å². The fourth-order valence-corrected chi connectivity index (χ4v) is 1.72. The second kappa shape index (κ2) is 7.71. The monoisotopic (exact) mass is 250 g/mol. The number of aryl methyl sites for hydroxylation is 1. The summed E-state index contributed by atoms with van der Waals surface area (Å²) in [5.74, 6) is -0.0945. The molecule has 100 valence electrons. The standard InChI is InChI=1S/C14H22N2O2/c1-11-7-6-8-12(13(11)15)14(17)16-9-4-3-5-10-18-2/h6-8H,3-5,9-10,15H2,1-2H3,(H,16,17). The van der Waals surface area contributed by atoms with Gasteiger partial charge in [0.15, 0.2) is 0 Å². The van der Waals surface area contributed by atoms with E-state index in [-0.39, 0.29) is 5.91 Å². The third-order valence-corrected chi connectivity index (χ3v) is 2.88. The van der Waals surface area contributed by atoms with Crippen molar-refractivity contribution in [2.24, 2.45) is 0 Å². The number of carbonyl (C=O) groups excluding carboxylic acids is 1. The van der Waals surface area contributed by atoms with Crippen LogP contribution in [0.2, 0.25) is 0 Å². The molecule has 1 aromatic rings. The van der Waals surface area contributed by atoms with Crippen molar-refractivity contribution in [2.45, 2.75) is 26.2 Å². The lowest BCUT2D eigenvalue weighted by Crippen LogP contribution is -2.25. The van der Waals surface area contributed by atoms with E-state index in [0.29, 0.717) is 17.8 Å². The Bertz CT molecular complexity index is 391. The number of hydrogen-bond donors (Lipinski definition) is 2. The molecule has 0 aliphatic heterocycles. The first-order valence-corrected chi connectivity index (χ1v) is 6.29. The molecule has 18 heavy (non-hydrogen) atoms. The average Bonchev–Trinajstić information content (AvgIpc) is 2.36. The molecular weight excluding hydrogens is 228 g/mol. The molecule has 0 spiro atoms. The number of unbranched alkanes of at least 4 members (excludes halogenated alkanes) is 2. The van der Waals surface area contributed by atoms with E-state index in [4.69, 9.17) is 10.5 Å². The minimum atomic E-state index is -0.0945. The minimum absolute atomic E-state index is 0.0945. The Hall–Kier alpha value is -1.55. The highest BCUT2D eigenvalue weighted by Crippen LogP contribution is 2.15. The van der Waals surface area contributed by atoms with Crippen LogP contribution in [-0.4, -0.2) is 26.2 Å². The van der Waals surface area contributed by atoms with Crippen molar-refractivity contribution in [3.8, 4) is 0 Å². The summed E-state index contributed by atoms with van der Waals surface area (Å²) in [5, 5.41) is 2.88. The number of nitrogens with one attached hydrogen (secondary N) is 1. The van der Waals surface area contributed by atoms with Crippen molar-refractivity contribution < 1.29 is 9.53 Å². The van der Waals surface area contributed by atoms with Gasteiger partial charge in [-0.15, -0.1) is 0 Å². The number of amides is 1. The Morgan fingerprint density at radius 1 is 1.33 bits per heavy atom. The molecule has 4 nitrogen and oxygen atoms in total. The van der Waals surface area contributed by atoms with Crippen molar-refractivity contribution in [1.82, 2.24) is 5.32 Å². The highest BCUT2D eigenvalue weighted by Gasteiger charge is 2.09. The van der Waals surface area contributed by atoms with Gasteiger partial charge < -0.3 is 15.8 Å². The van der Waals surface area contributed by atoms with Crippen LogP contribution in [0.4, 0.5) is 5.69 Å². The van der Waals surface area contributed by atoms with E-state index < -0.39 is 0 Å². The predicted octanol–water partition coefficient (Wildman–Crippen LogP) is 2.12. The normalized spacial score (nSPS) is 10.3. The van der Waals surface area contributed by atoms with Gasteiger partial charge in [-0.3, -0.25) is 4.79 Å². The van der Waals surface area contributed by atoms with Gasteiger partial charge in [0.1, 0.15) is 0 Å². The van der Waals surface area contributed by atoms with Gasteiger partial charge in [-0.05, 0) is 37.8 Å². The number of nitrogen functional groups attached to an aromatic ring is 1. The van der Waals surface area contributed by atoms with Gasteiger partial charge in [0.25, 0.3) is 5.91 Å². The van der Waals surface area contributed by atoms with Gasteiger partial charge in [0.2, 0.25) is 0 Å². The number of rotatable bonds is 7. The number of hydrogen-bond acceptors (Lipinski definition) is 3. The van der Waals surface area contributed by atoms with Crippen LogP contribution < -0.4 is 11.1 Å². The third kappa shape index (κ3) is 4.37. The first-order chi connectivity index (χ1) is 8.66. The predicted molar refractivity (Wildman–Crippen MR) is 73.7 cm³/mol. The fraction of sp³-hybridized carbons (Fsp3) is 0.500. The maximum absolute atomic E-state index is 11.9. The van der Waals surface area contributed by atoms with Gasteiger partial charge in [-0.2, -0.15) is 0 Å². The molecule has 3 N–H and O–H groups in total. The van der Waals surface area contributed by atoms with Crippen LogP contribution in [0.15, 0.2) is 18.2 Å². The molecule has 1 amide bonds. The lowest BCUT2D eigenvalue weighted by molar-refractivity contribution is 0.0953. The topological polar surface area (TPSA) is 64.3 Å². The van der Waals surface area contributed by atoms with Crippen LogP contribution in [0.3, 0.4) is 0 Å². The molecule has 0 atom stereocenters. The molecule has 0 fully saturated rings. The number of para-hydroxylation sites is 1. The molecular formula is C14H22N2O2. The Kier molecular flexibility index (Phi) is 6.22. The maximum atomic E-state index is 11.9. The van der Waals surface area contributed by atoms with Crippen LogP contribution in [0.1, 0.15) is 35.2 Å². The smallest absolute Gasteiger partial charge is 0.253 e. The van der Waals surface area contributed by atoms with Crippen LogP contribution in [0.5, 0.6) is 0 Å². The maximum Gasteiger partial charge on any atom is 0.253 e. The summed E-state index contributed by atoms with van der Waals surface area (Å²) in [7, 11) is 1.70. The Morgan fingerprint density at radius 3 is 2.83 bits per heavy atom. The van der Waals surface area contributed by atoms with E-state index in [1.807, 2.05) is 19.1 Å². The summed E-state index contributed by atoms with van der Waals surface area (Å²) in [4.78, 5) is 11.9. The summed E-state index contributed by atoms with van der Waals surface area (Å²) in [6, 6.07) is 5.50. The quantitative estimate of drug-likeness (QED) is 0.575. The zero-order chi connectivity index (χ0) is 13.4. The second-order valence-electron chi connectivity index (χ2n) is 4.35. The van der Waals surface area contributed by atoms with Gasteiger partial charge >= 0.3 is 0 Å². The molecule has 0 bridgehead atoms. The lowest BCUT2D eigenvalue weighted by atomic mass is 10.1. The summed E-state index contributed by atoms with van der Waals surface area (Å²) in [5.41, 5.74) is 7.94. The number of benzene rings is 1. The first-order valence-electron chi connectivity index (χ1n) is 6.29. The minimum Gasteiger partial charge on any atom is -0.398 e. The van der Waals surface area contributed by atoms with Crippen molar-refractivity contribution in [3.63, 3.8) is 0 Å². The fourth-order valence-electron chi connectivity index (χ4n) is 1.72. The van der Waals surface area contributed by atoms with E-state index in [1.54, 1.807) is 13.2 Å². The molecule has 0 aliphatic rings. The molecule has 0 heterocycles. The molecule has 0 unspecified atom stereocenters. The van der Waals surface area contributed by atoms with Gasteiger partial charge in [0, 0.05) is 25.9 Å². The molecule has 0 radical (unpaired) electrons. The van der Waals surface area contributed by atoms with Crippen LogP contribution in [0.25, 0.3) is 0 Å². The highest BCUT2D eigenvalue weighted by molar-refractivity contribution is 5.99. The summed E-state index contributed by atoms with van der Waals surface area (Å²) >= 11 is 0. The number of methoxy groups -OCH3 is 1. The van der Waals surface area contributed by atoms with Crippen molar-refractivity contribution in [1.29, 1.82) is 0 Å². The molecule has 4 heteroatoms. The van der Waals surface area contributed by atoms with Crippen molar-refractivity contribution >= 4 is 11.6 Å². The summed E-state index contributed by atoms with van der Waals surface area (Å²) < 4.78 is 4.96. The van der Waals surface area contributed by atoms with E-state index >= 15 is 0 Å². The van der Waals surface area contributed by atoms with E-state index in [0.717, 1.165) is 31.4 Å². The SMILES string of the molecule is COCCCCCNC(=O)c1cccc(C)c1N. The third-order valence-electron chi connectivity index (χ3n) is 2.88. The molecule has 1 aromatic carbocycles. The summed E-state index contributed by atoms with van der Waals surface area (Å²) in [6.07, 6.45) is 3.04. The number of nitrogens with two attached hydrogens (primary N) is 1. The van der Waals surface area contributed by atoms with Crippen LogP contribution >= 0.6 is 0 Å². The number of anilines is 1. The number of carbonyl (C=O) groups is 1. The van der Waals surface area contributed by atoms with Gasteiger partial charge in [-0.1, -0.05) is 12.1 Å². The summed E-state index contributed by atoms with van der Waals surface area (Å²) in [6.45, 7) is 3.35. The van der Waals surface area contributed by atoms with E-state index in [2.05, 4.69) is 5.32 Å². The zero-order valence-corrected chi connectivity index (χ0v) is 11.2.